The van der Waals surface area contributed by atoms with Crippen molar-refractivity contribution in [2.24, 2.45) is 0 Å². The summed E-state index contributed by atoms with van der Waals surface area (Å²) in [5.41, 5.74) is 0. The maximum atomic E-state index is 11.4. The van der Waals surface area contributed by atoms with Gasteiger partial charge < -0.3 is 10.6 Å². The molecule has 5 heteroatoms. The molecule has 0 fully saturated rings. The van der Waals surface area contributed by atoms with E-state index in [1.54, 1.807) is 0 Å². The van der Waals surface area contributed by atoms with Crippen LogP contribution >= 0.6 is 11.3 Å². The Labute approximate surface area is 99.0 Å². The van der Waals surface area contributed by atoms with Gasteiger partial charge in [-0.25, -0.2) is 0 Å². The number of thiophene rings is 1. The Morgan fingerprint density at radius 3 is 2.69 bits per heavy atom. The highest BCUT2D eigenvalue weighted by atomic mass is 32.1. The van der Waals surface area contributed by atoms with Gasteiger partial charge in [-0.15, -0.1) is 11.3 Å². The predicted octanol–water partition coefficient (Wildman–Crippen LogP) is 0.931. The normalized spacial score (nSPS) is 10.2. The highest BCUT2D eigenvalue weighted by molar-refractivity contribution is 7.10. The first kappa shape index (κ1) is 12.7. The quantitative estimate of drug-likeness (QED) is 0.804. The van der Waals surface area contributed by atoms with Crippen LogP contribution in [0.15, 0.2) is 17.5 Å². The minimum absolute atomic E-state index is 0.0440. The van der Waals surface area contributed by atoms with E-state index in [2.05, 4.69) is 10.6 Å². The maximum absolute atomic E-state index is 11.4. The third kappa shape index (κ3) is 4.93. The molecule has 0 aliphatic heterocycles. The molecule has 4 nitrogen and oxygen atoms in total. The lowest BCUT2D eigenvalue weighted by Crippen LogP contribution is -2.40. The number of carbonyl (C=O) groups is 2. The van der Waals surface area contributed by atoms with Crippen molar-refractivity contribution in [2.45, 2.75) is 26.3 Å². The van der Waals surface area contributed by atoms with Crippen LogP contribution in [0.2, 0.25) is 0 Å². The van der Waals surface area contributed by atoms with Gasteiger partial charge in [0.2, 0.25) is 11.8 Å². The van der Waals surface area contributed by atoms with Crippen LogP contribution in [0.5, 0.6) is 0 Å². The van der Waals surface area contributed by atoms with Crippen LogP contribution in [0.25, 0.3) is 0 Å². The van der Waals surface area contributed by atoms with Gasteiger partial charge in [-0.05, 0) is 25.3 Å². The molecule has 1 aromatic heterocycles. The van der Waals surface area contributed by atoms with E-state index in [4.69, 9.17) is 0 Å². The van der Waals surface area contributed by atoms with E-state index >= 15 is 0 Å². The number of carbonyl (C=O) groups excluding carboxylic acids is 2. The van der Waals surface area contributed by atoms with Gasteiger partial charge in [0.15, 0.2) is 0 Å². The minimum atomic E-state index is -0.158. The van der Waals surface area contributed by atoms with E-state index in [0.717, 1.165) is 4.88 Å². The Morgan fingerprint density at radius 2 is 2.12 bits per heavy atom. The van der Waals surface area contributed by atoms with Crippen molar-refractivity contribution < 1.29 is 9.59 Å². The van der Waals surface area contributed by atoms with Gasteiger partial charge in [-0.3, -0.25) is 9.59 Å². The average molecular weight is 240 g/mol. The lowest BCUT2D eigenvalue weighted by atomic mass is 10.3. The summed E-state index contributed by atoms with van der Waals surface area (Å²) >= 11 is 1.53. The summed E-state index contributed by atoms with van der Waals surface area (Å²) in [7, 11) is 0. The second-order valence-corrected chi connectivity index (χ2v) is 4.79. The van der Waals surface area contributed by atoms with E-state index in [1.807, 2.05) is 31.4 Å². The molecule has 0 unspecified atom stereocenters. The zero-order valence-electron chi connectivity index (χ0n) is 9.45. The summed E-state index contributed by atoms with van der Waals surface area (Å²) in [5.74, 6) is -0.282. The first-order valence-corrected chi connectivity index (χ1v) is 6.04. The van der Waals surface area contributed by atoms with Crippen LogP contribution in [0.4, 0.5) is 0 Å². The van der Waals surface area contributed by atoms with E-state index in [0.29, 0.717) is 6.42 Å². The van der Waals surface area contributed by atoms with Crippen molar-refractivity contribution in [1.29, 1.82) is 0 Å². The highest BCUT2D eigenvalue weighted by Gasteiger charge is 2.07. The van der Waals surface area contributed by atoms with Crippen molar-refractivity contribution in [3.05, 3.63) is 22.4 Å². The Balaban J connectivity index is 2.23. The standard InChI is InChI=1S/C11H16N2O2S/c1-8(2)13-11(15)7-12-10(14)6-9-4-3-5-16-9/h3-5,8H,6-7H2,1-2H3,(H,12,14)(H,13,15). The van der Waals surface area contributed by atoms with Crippen LogP contribution in [-0.4, -0.2) is 24.4 Å². The molecule has 1 aromatic rings. The number of hydrogen-bond acceptors (Lipinski definition) is 3. The molecule has 0 spiro atoms. The zero-order valence-corrected chi connectivity index (χ0v) is 10.3. The largest absolute Gasteiger partial charge is 0.352 e. The van der Waals surface area contributed by atoms with Crippen molar-refractivity contribution in [3.8, 4) is 0 Å². The predicted molar refractivity (Wildman–Crippen MR) is 64.3 cm³/mol. The molecule has 0 bridgehead atoms. The van der Waals surface area contributed by atoms with Crippen LogP contribution in [0, 0.1) is 0 Å². The van der Waals surface area contributed by atoms with Gasteiger partial charge in [0, 0.05) is 10.9 Å². The zero-order chi connectivity index (χ0) is 12.0. The molecule has 0 atom stereocenters. The molecule has 0 aromatic carbocycles. The van der Waals surface area contributed by atoms with Gasteiger partial charge in [-0.2, -0.15) is 0 Å². The Kier molecular flexibility index (Phi) is 4.98. The Morgan fingerprint density at radius 1 is 1.38 bits per heavy atom. The third-order valence-corrected chi connectivity index (χ3v) is 2.69. The van der Waals surface area contributed by atoms with Gasteiger partial charge in [0.05, 0.1) is 13.0 Å². The van der Waals surface area contributed by atoms with Crippen molar-refractivity contribution in [3.63, 3.8) is 0 Å². The summed E-state index contributed by atoms with van der Waals surface area (Å²) < 4.78 is 0. The Bertz CT molecular complexity index is 347. The fourth-order valence-electron chi connectivity index (χ4n) is 1.19. The summed E-state index contributed by atoms with van der Waals surface area (Å²) in [6.07, 6.45) is 0.340. The molecular formula is C11H16N2O2S. The van der Waals surface area contributed by atoms with Crippen molar-refractivity contribution in [1.82, 2.24) is 10.6 Å². The maximum Gasteiger partial charge on any atom is 0.239 e. The van der Waals surface area contributed by atoms with Gasteiger partial charge in [0.25, 0.3) is 0 Å². The molecular weight excluding hydrogens is 224 g/mol. The molecule has 0 radical (unpaired) electrons. The highest BCUT2D eigenvalue weighted by Crippen LogP contribution is 2.08. The number of nitrogens with one attached hydrogen (secondary N) is 2. The van der Waals surface area contributed by atoms with Crippen LogP contribution < -0.4 is 10.6 Å². The molecule has 1 heterocycles. The lowest BCUT2D eigenvalue weighted by molar-refractivity contribution is -0.126. The van der Waals surface area contributed by atoms with Gasteiger partial charge in [0.1, 0.15) is 0 Å². The smallest absolute Gasteiger partial charge is 0.239 e. The first-order valence-electron chi connectivity index (χ1n) is 5.16. The molecule has 16 heavy (non-hydrogen) atoms. The number of hydrogen-bond donors (Lipinski definition) is 2. The summed E-state index contributed by atoms with van der Waals surface area (Å²) in [4.78, 5) is 23.7. The number of amides is 2. The first-order chi connectivity index (χ1) is 7.58. The third-order valence-electron chi connectivity index (χ3n) is 1.81. The lowest BCUT2D eigenvalue weighted by Gasteiger charge is -2.08. The molecule has 0 saturated heterocycles. The SMILES string of the molecule is CC(C)NC(=O)CNC(=O)Cc1cccs1. The molecule has 1 rings (SSSR count). The van der Waals surface area contributed by atoms with Gasteiger partial charge in [-0.1, -0.05) is 6.07 Å². The van der Waals surface area contributed by atoms with Crippen LogP contribution in [-0.2, 0) is 16.0 Å². The van der Waals surface area contributed by atoms with E-state index < -0.39 is 0 Å². The topological polar surface area (TPSA) is 58.2 Å². The number of rotatable bonds is 5. The van der Waals surface area contributed by atoms with Crippen LogP contribution in [0.3, 0.4) is 0 Å². The molecule has 0 aliphatic rings. The fourth-order valence-corrected chi connectivity index (χ4v) is 1.89. The molecule has 0 saturated carbocycles. The van der Waals surface area contributed by atoms with E-state index in [9.17, 15) is 9.59 Å². The summed E-state index contributed by atoms with van der Waals surface area (Å²) in [6.45, 7) is 3.80. The average Bonchev–Trinajstić information content (AvgIpc) is 2.66. The molecule has 2 N–H and O–H groups in total. The molecule has 0 aliphatic carbocycles. The summed E-state index contributed by atoms with van der Waals surface area (Å²) in [5, 5.41) is 7.21. The van der Waals surface area contributed by atoms with E-state index in [1.165, 1.54) is 11.3 Å². The monoisotopic (exact) mass is 240 g/mol. The van der Waals surface area contributed by atoms with Crippen molar-refractivity contribution >= 4 is 23.2 Å². The van der Waals surface area contributed by atoms with Crippen molar-refractivity contribution in [2.75, 3.05) is 6.54 Å². The fraction of sp³-hybridized carbons (Fsp3) is 0.455. The summed E-state index contributed by atoms with van der Waals surface area (Å²) in [6, 6.07) is 3.90. The van der Waals surface area contributed by atoms with Gasteiger partial charge >= 0.3 is 0 Å². The second kappa shape index (κ2) is 6.27. The second-order valence-electron chi connectivity index (χ2n) is 3.76. The Hall–Kier alpha value is -1.36. The molecule has 88 valence electrons. The van der Waals surface area contributed by atoms with E-state index in [-0.39, 0.29) is 24.4 Å². The minimum Gasteiger partial charge on any atom is -0.352 e. The molecule has 2 amide bonds. The van der Waals surface area contributed by atoms with Crippen LogP contribution in [0.1, 0.15) is 18.7 Å².